The zero-order valence-corrected chi connectivity index (χ0v) is 14.0. The van der Waals surface area contributed by atoms with Crippen LogP contribution in [0.1, 0.15) is 33.6 Å². The van der Waals surface area contributed by atoms with Gasteiger partial charge in [0.15, 0.2) is 12.1 Å². The second-order valence-corrected chi connectivity index (χ2v) is 6.44. The van der Waals surface area contributed by atoms with E-state index in [4.69, 9.17) is 24.7 Å². The van der Waals surface area contributed by atoms with Crippen molar-refractivity contribution in [3.8, 4) is 0 Å². The van der Waals surface area contributed by atoms with Crippen molar-refractivity contribution >= 4 is 11.7 Å². The third kappa shape index (κ3) is 4.48. The number of Topliss-reactive ketones (excluding diaryl/α,β-unsaturated/α-hetero) is 1. The molecule has 0 bridgehead atoms. The van der Waals surface area contributed by atoms with E-state index in [0.717, 1.165) is 0 Å². The highest BCUT2D eigenvalue weighted by Gasteiger charge is 2.56. The summed E-state index contributed by atoms with van der Waals surface area (Å²) in [5, 5.41) is 2.67. The largest absolute Gasteiger partial charge is 0.376 e. The van der Waals surface area contributed by atoms with Gasteiger partial charge in [-0.1, -0.05) is 0 Å². The van der Waals surface area contributed by atoms with E-state index < -0.39 is 30.3 Å². The molecule has 0 spiro atoms. The van der Waals surface area contributed by atoms with Crippen molar-refractivity contribution in [3.05, 3.63) is 0 Å². The van der Waals surface area contributed by atoms with Crippen molar-refractivity contribution in [1.29, 1.82) is 0 Å². The molecule has 2 fully saturated rings. The lowest BCUT2D eigenvalue weighted by molar-refractivity contribution is -0.219. The molecule has 0 aromatic heterocycles. The van der Waals surface area contributed by atoms with Crippen molar-refractivity contribution in [3.63, 3.8) is 0 Å². The van der Waals surface area contributed by atoms with Crippen LogP contribution in [0, 0.1) is 0 Å². The lowest BCUT2D eigenvalue weighted by Crippen LogP contribution is -2.48. The lowest BCUT2D eigenvalue weighted by Gasteiger charge is -2.28. The fourth-order valence-electron chi connectivity index (χ4n) is 2.90. The van der Waals surface area contributed by atoms with Gasteiger partial charge < -0.3 is 30.0 Å². The number of rotatable bonds is 7. The second-order valence-electron chi connectivity index (χ2n) is 6.44. The topological polar surface area (TPSA) is 109 Å². The van der Waals surface area contributed by atoms with Gasteiger partial charge in [-0.15, -0.1) is 0 Å². The maximum atomic E-state index is 11.9. The summed E-state index contributed by atoms with van der Waals surface area (Å²) >= 11 is 0. The molecule has 2 aliphatic rings. The van der Waals surface area contributed by atoms with E-state index in [1.165, 1.54) is 6.92 Å². The number of fused-ring (bicyclic) bond motifs is 1. The van der Waals surface area contributed by atoms with E-state index in [2.05, 4.69) is 5.32 Å². The van der Waals surface area contributed by atoms with Crippen LogP contribution >= 0.6 is 0 Å². The van der Waals surface area contributed by atoms with Crippen LogP contribution in [0.25, 0.3) is 0 Å². The first-order valence-electron chi connectivity index (χ1n) is 7.79. The van der Waals surface area contributed by atoms with Crippen LogP contribution in [0.5, 0.6) is 0 Å². The minimum absolute atomic E-state index is 0.0258. The number of hydrogen-bond acceptors (Lipinski definition) is 7. The fraction of sp³-hybridized carbons (Fsp3) is 0.867. The fourth-order valence-corrected chi connectivity index (χ4v) is 2.90. The van der Waals surface area contributed by atoms with Crippen LogP contribution in [0.2, 0.25) is 0 Å². The molecule has 0 radical (unpaired) electrons. The number of nitrogens with two attached hydrogens (primary N) is 1. The SMILES string of the molecule is CO[C@@H]1[C@H]2OC(C)(C)O[C@H]2O[C@@H]1C(N)CC(=O)NCCC(C)=O. The predicted molar refractivity (Wildman–Crippen MR) is 80.4 cm³/mol. The Labute approximate surface area is 136 Å². The smallest absolute Gasteiger partial charge is 0.221 e. The molecule has 23 heavy (non-hydrogen) atoms. The Balaban J connectivity index is 1.86. The Kier molecular flexibility index (Phi) is 5.74. The Morgan fingerprint density at radius 3 is 2.65 bits per heavy atom. The highest BCUT2D eigenvalue weighted by molar-refractivity contribution is 5.79. The van der Waals surface area contributed by atoms with Crippen LogP contribution in [-0.4, -0.2) is 61.8 Å². The number of ether oxygens (including phenoxy) is 4. The van der Waals surface area contributed by atoms with E-state index in [0.29, 0.717) is 13.0 Å². The van der Waals surface area contributed by atoms with Crippen molar-refractivity contribution in [1.82, 2.24) is 5.32 Å². The number of ketones is 1. The van der Waals surface area contributed by atoms with Crippen LogP contribution in [0.4, 0.5) is 0 Å². The molecule has 0 aromatic rings. The number of hydrogen-bond donors (Lipinski definition) is 2. The summed E-state index contributed by atoms with van der Waals surface area (Å²) in [5.74, 6) is -0.931. The summed E-state index contributed by atoms with van der Waals surface area (Å²) in [6.45, 7) is 5.40. The van der Waals surface area contributed by atoms with Gasteiger partial charge in [0, 0.05) is 32.5 Å². The van der Waals surface area contributed by atoms with E-state index in [-0.39, 0.29) is 24.2 Å². The molecule has 0 aromatic carbocycles. The number of carbonyl (C=O) groups excluding carboxylic acids is 2. The van der Waals surface area contributed by atoms with Gasteiger partial charge in [-0.05, 0) is 20.8 Å². The molecule has 2 saturated heterocycles. The van der Waals surface area contributed by atoms with Crippen LogP contribution < -0.4 is 11.1 Å². The normalized spacial score (nSPS) is 33.3. The first-order valence-corrected chi connectivity index (χ1v) is 7.79. The number of carbonyl (C=O) groups is 2. The molecule has 1 unspecified atom stereocenters. The molecule has 8 nitrogen and oxygen atoms in total. The molecule has 2 rings (SSSR count). The minimum atomic E-state index is -0.731. The molecule has 0 saturated carbocycles. The Morgan fingerprint density at radius 1 is 1.35 bits per heavy atom. The third-order valence-corrected chi connectivity index (χ3v) is 3.94. The first-order chi connectivity index (χ1) is 10.7. The molecular weight excluding hydrogens is 304 g/mol. The van der Waals surface area contributed by atoms with Gasteiger partial charge in [-0.25, -0.2) is 0 Å². The van der Waals surface area contributed by atoms with Gasteiger partial charge in [-0.3, -0.25) is 9.59 Å². The summed E-state index contributed by atoms with van der Waals surface area (Å²) in [5.41, 5.74) is 6.10. The van der Waals surface area contributed by atoms with Crippen LogP contribution in [0.3, 0.4) is 0 Å². The summed E-state index contributed by atoms with van der Waals surface area (Å²) in [7, 11) is 1.55. The summed E-state index contributed by atoms with van der Waals surface area (Å²) in [4.78, 5) is 22.7. The van der Waals surface area contributed by atoms with Gasteiger partial charge in [0.1, 0.15) is 24.1 Å². The summed E-state index contributed by atoms with van der Waals surface area (Å²) in [6, 6.07) is -0.557. The molecule has 1 amide bonds. The van der Waals surface area contributed by atoms with Crippen molar-refractivity contribution in [2.24, 2.45) is 5.73 Å². The number of amides is 1. The average molecular weight is 330 g/mol. The molecule has 3 N–H and O–H groups in total. The average Bonchev–Trinajstić information content (AvgIpc) is 2.89. The zero-order valence-electron chi connectivity index (χ0n) is 14.0. The van der Waals surface area contributed by atoms with E-state index >= 15 is 0 Å². The molecule has 132 valence electrons. The lowest BCUT2D eigenvalue weighted by atomic mass is 10.0. The highest BCUT2D eigenvalue weighted by atomic mass is 16.8. The molecule has 2 heterocycles. The van der Waals surface area contributed by atoms with Gasteiger partial charge in [0.2, 0.25) is 5.91 Å². The molecule has 8 heteroatoms. The van der Waals surface area contributed by atoms with Crippen LogP contribution in [-0.2, 0) is 28.5 Å². The van der Waals surface area contributed by atoms with Crippen LogP contribution in [0.15, 0.2) is 0 Å². The maximum absolute atomic E-state index is 11.9. The molecule has 5 atom stereocenters. The summed E-state index contributed by atoms with van der Waals surface area (Å²) in [6.07, 6.45) is -1.43. The maximum Gasteiger partial charge on any atom is 0.221 e. The Morgan fingerprint density at radius 2 is 2.04 bits per heavy atom. The minimum Gasteiger partial charge on any atom is -0.376 e. The third-order valence-electron chi connectivity index (χ3n) is 3.94. The van der Waals surface area contributed by atoms with Gasteiger partial charge in [0.25, 0.3) is 0 Å². The number of nitrogens with one attached hydrogen (secondary N) is 1. The Bertz CT molecular complexity index is 455. The monoisotopic (exact) mass is 330 g/mol. The Hall–Kier alpha value is -1.06. The zero-order chi connectivity index (χ0) is 17.2. The van der Waals surface area contributed by atoms with Gasteiger partial charge in [-0.2, -0.15) is 0 Å². The molecule has 0 aliphatic carbocycles. The van der Waals surface area contributed by atoms with E-state index in [9.17, 15) is 9.59 Å². The number of methoxy groups -OCH3 is 1. The second kappa shape index (κ2) is 7.23. The molecule has 2 aliphatic heterocycles. The van der Waals surface area contributed by atoms with Crippen molar-refractivity contribution < 1.29 is 28.5 Å². The van der Waals surface area contributed by atoms with Gasteiger partial charge >= 0.3 is 0 Å². The first kappa shape index (κ1) is 18.3. The predicted octanol–water partition coefficient (Wildman–Crippen LogP) is -0.309. The standard InChI is InChI=1S/C15H26N2O6/c1-8(18)5-6-17-10(19)7-9(16)11-12(20-4)13-14(21-11)23-15(2,3)22-13/h9,11-14H,5-7,16H2,1-4H3,(H,17,19)/t9?,11-,12+,13-,14-/m1/s1. The van der Waals surface area contributed by atoms with Crippen molar-refractivity contribution in [2.45, 2.75) is 70.0 Å². The quantitative estimate of drug-likeness (QED) is 0.659. The van der Waals surface area contributed by atoms with E-state index in [1.807, 2.05) is 0 Å². The summed E-state index contributed by atoms with van der Waals surface area (Å²) < 4.78 is 22.7. The molecular formula is C15H26N2O6. The van der Waals surface area contributed by atoms with E-state index in [1.54, 1.807) is 21.0 Å². The highest BCUT2D eigenvalue weighted by Crippen LogP contribution is 2.39. The van der Waals surface area contributed by atoms with Gasteiger partial charge in [0.05, 0.1) is 0 Å². The van der Waals surface area contributed by atoms with Crippen molar-refractivity contribution in [2.75, 3.05) is 13.7 Å².